The summed E-state index contributed by atoms with van der Waals surface area (Å²) in [6, 6.07) is 9.10. The number of nitrogens with one attached hydrogen (secondary N) is 3. The van der Waals surface area contributed by atoms with Crippen molar-refractivity contribution in [3.63, 3.8) is 0 Å². The summed E-state index contributed by atoms with van der Waals surface area (Å²) in [7, 11) is 0. The standard InChI is InChI=1S/C11H11N5OS2/c1-7(8-5-3-2-4-6-8)13-14-9(17)12-10-15-16-11(18)19-10/h2-6H,1H3,(H,16,18)(H2,12,14,15,17)/b13-7+. The number of benzene rings is 1. The van der Waals surface area contributed by atoms with Gasteiger partial charge in [-0.25, -0.2) is 10.2 Å². The molecule has 0 radical (unpaired) electrons. The minimum Gasteiger partial charge on any atom is -0.281 e. The van der Waals surface area contributed by atoms with Gasteiger partial charge in [-0.3, -0.25) is 10.4 Å². The number of urea groups is 1. The van der Waals surface area contributed by atoms with Gasteiger partial charge in [-0.2, -0.15) is 5.10 Å². The van der Waals surface area contributed by atoms with Crippen LogP contribution in [0.3, 0.4) is 0 Å². The summed E-state index contributed by atoms with van der Waals surface area (Å²) in [6.45, 7) is 1.81. The lowest BCUT2D eigenvalue weighted by atomic mass is 10.1. The van der Waals surface area contributed by atoms with E-state index in [1.807, 2.05) is 37.3 Å². The summed E-state index contributed by atoms with van der Waals surface area (Å²) in [6.07, 6.45) is 0. The first-order chi connectivity index (χ1) is 9.15. The minimum absolute atomic E-state index is 0.398. The Hall–Kier alpha value is -2.06. The zero-order valence-corrected chi connectivity index (χ0v) is 11.6. The monoisotopic (exact) mass is 293 g/mol. The van der Waals surface area contributed by atoms with Crippen LogP contribution in [-0.2, 0) is 0 Å². The smallest absolute Gasteiger partial charge is 0.281 e. The van der Waals surface area contributed by atoms with Crippen molar-refractivity contribution < 1.29 is 4.79 Å². The number of hydrogen-bond donors (Lipinski definition) is 3. The van der Waals surface area contributed by atoms with Gasteiger partial charge in [-0.1, -0.05) is 41.7 Å². The number of anilines is 1. The van der Waals surface area contributed by atoms with Crippen LogP contribution in [0.2, 0.25) is 0 Å². The van der Waals surface area contributed by atoms with Gasteiger partial charge in [0.05, 0.1) is 5.71 Å². The Balaban J connectivity index is 1.94. The predicted molar refractivity (Wildman–Crippen MR) is 78.1 cm³/mol. The zero-order valence-electron chi connectivity index (χ0n) is 10.0. The Labute approximate surface area is 118 Å². The fourth-order valence-corrected chi connectivity index (χ4v) is 2.07. The van der Waals surface area contributed by atoms with Crippen LogP contribution in [0.1, 0.15) is 12.5 Å². The van der Waals surface area contributed by atoms with Gasteiger partial charge in [0, 0.05) is 0 Å². The second-order valence-electron chi connectivity index (χ2n) is 3.55. The lowest BCUT2D eigenvalue weighted by molar-refractivity contribution is 0.252. The second kappa shape index (κ2) is 6.21. The third kappa shape index (κ3) is 3.97. The molecule has 0 unspecified atom stereocenters. The van der Waals surface area contributed by atoms with Crippen molar-refractivity contribution in [3.8, 4) is 0 Å². The molecule has 0 saturated carbocycles. The number of H-pyrrole nitrogens is 1. The van der Waals surface area contributed by atoms with Crippen molar-refractivity contribution in [2.75, 3.05) is 5.32 Å². The molecule has 1 heterocycles. The van der Waals surface area contributed by atoms with E-state index >= 15 is 0 Å². The van der Waals surface area contributed by atoms with Gasteiger partial charge in [0.1, 0.15) is 0 Å². The first kappa shape index (κ1) is 13.4. The quantitative estimate of drug-likeness (QED) is 0.462. The largest absolute Gasteiger partial charge is 0.341 e. The van der Waals surface area contributed by atoms with E-state index < -0.39 is 6.03 Å². The summed E-state index contributed by atoms with van der Waals surface area (Å²) in [5.41, 5.74) is 4.05. The number of rotatable bonds is 3. The summed E-state index contributed by atoms with van der Waals surface area (Å²) in [5, 5.41) is 13.3. The van der Waals surface area contributed by atoms with Crippen LogP contribution in [0.25, 0.3) is 0 Å². The van der Waals surface area contributed by atoms with E-state index in [9.17, 15) is 4.79 Å². The summed E-state index contributed by atoms with van der Waals surface area (Å²) >= 11 is 6.03. The third-order valence-corrected chi connectivity index (χ3v) is 3.18. The molecule has 1 aromatic carbocycles. The highest BCUT2D eigenvalue weighted by atomic mass is 32.1. The molecular formula is C11H11N5OS2. The summed E-state index contributed by atoms with van der Waals surface area (Å²) < 4.78 is 0.499. The number of hydrogen-bond acceptors (Lipinski definition) is 5. The number of carbonyl (C=O) groups excluding carboxylic acids is 1. The second-order valence-corrected chi connectivity index (χ2v) is 5.21. The third-order valence-electron chi connectivity index (χ3n) is 2.18. The van der Waals surface area contributed by atoms with Crippen LogP contribution in [0, 0.1) is 3.95 Å². The lowest BCUT2D eigenvalue weighted by Gasteiger charge is -2.02. The zero-order chi connectivity index (χ0) is 13.7. The van der Waals surface area contributed by atoms with Crippen molar-refractivity contribution in [3.05, 3.63) is 39.8 Å². The van der Waals surface area contributed by atoms with Crippen molar-refractivity contribution >= 4 is 40.4 Å². The van der Waals surface area contributed by atoms with Crippen molar-refractivity contribution in [2.24, 2.45) is 5.10 Å². The Bertz CT molecular complexity index is 646. The minimum atomic E-state index is -0.465. The highest BCUT2D eigenvalue weighted by Crippen LogP contribution is 2.10. The molecule has 0 aliphatic rings. The average molecular weight is 293 g/mol. The van der Waals surface area contributed by atoms with E-state index in [0.29, 0.717) is 14.8 Å². The Morgan fingerprint density at radius 2 is 2.16 bits per heavy atom. The normalized spacial score (nSPS) is 11.1. The first-order valence-electron chi connectivity index (χ1n) is 5.37. The molecule has 6 nitrogen and oxygen atoms in total. The van der Waals surface area contributed by atoms with E-state index in [0.717, 1.165) is 5.56 Å². The van der Waals surface area contributed by atoms with Crippen molar-refractivity contribution in [1.29, 1.82) is 0 Å². The van der Waals surface area contributed by atoms with E-state index in [1.165, 1.54) is 11.3 Å². The maximum absolute atomic E-state index is 11.5. The van der Waals surface area contributed by atoms with E-state index in [2.05, 4.69) is 26.0 Å². The lowest BCUT2D eigenvalue weighted by Crippen LogP contribution is -2.25. The molecule has 0 fully saturated rings. The molecule has 98 valence electrons. The molecule has 0 atom stereocenters. The first-order valence-corrected chi connectivity index (χ1v) is 6.60. The molecular weight excluding hydrogens is 282 g/mol. The van der Waals surface area contributed by atoms with Crippen LogP contribution in [-0.4, -0.2) is 21.9 Å². The molecule has 0 aliphatic carbocycles. The molecule has 0 spiro atoms. The molecule has 0 aliphatic heterocycles. The van der Waals surface area contributed by atoms with Gasteiger partial charge in [0.15, 0.2) is 3.95 Å². The SMILES string of the molecule is C/C(=N\NC(=O)Nc1n[nH]c(=S)s1)c1ccccc1. The molecule has 8 heteroatoms. The molecule has 2 amide bonds. The van der Waals surface area contributed by atoms with Crippen LogP contribution in [0.15, 0.2) is 35.4 Å². The number of nitrogens with zero attached hydrogens (tertiary/aromatic N) is 2. The topological polar surface area (TPSA) is 82.2 Å². The van der Waals surface area contributed by atoms with Crippen molar-refractivity contribution in [2.45, 2.75) is 6.92 Å². The number of aromatic amines is 1. The Morgan fingerprint density at radius 3 is 2.79 bits per heavy atom. The number of hydrazone groups is 1. The van der Waals surface area contributed by atoms with Crippen LogP contribution < -0.4 is 10.7 Å². The van der Waals surface area contributed by atoms with E-state index in [-0.39, 0.29) is 0 Å². The van der Waals surface area contributed by atoms with Crippen LogP contribution >= 0.6 is 23.6 Å². The predicted octanol–water partition coefficient (Wildman–Crippen LogP) is 2.75. The molecule has 0 bridgehead atoms. The van der Waals surface area contributed by atoms with Gasteiger partial charge < -0.3 is 0 Å². The molecule has 19 heavy (non-hydrogen) atoms. The van der Waals surface area contributed by atoms with Crippen LogP contribution in [0.4, 0.5) is 9.93 Å². The van der Waals surface area contributed by atoms with E-state index in [1.54, 1.807) is 0 Å². The number of carbonyl (C=O) groups is 1. The Kier molecular flexibility index (Phi) is 4.37. The van der Waals surface area contributed by atoms with Gasteiger partial charge >= 0.3 is 6.03 Å². The number of aromatic nitrogens is 2. The highest BCUT2D eigenvalue weighted by molar-refractivity contribution is 7.73. The molecule has 0 saturated heterocycles. The summed E-state index contributed by atoms with van der Waals surface area (Å²) in [5.74, 6) is 0. The van der Waals surface area contributed by atoms with Gasteiger partial charge in [-0.15, -0.1) is 5.10 Å². The molecule has 1 aromatic heterocycles. The van der Waals surface area contributed by atoms with Crippen LogP contribution in [0.5, 0.6) is 0 Å². The van der Waals surface area contributed by atoms with Gasteiger partial charge in [0.25, 0.3) is 0 Å². The maximum atomic E-state index is 11.5. The van der Waals surface area contributed by atoms with Crippen molar-refractivity contribution in [1.82, 2.24) is 15.6 Å². The van der Waals surface area contributed by atoms with Gasteiger partial charge in [0.2, 0.25) is 5.13 Å². The summed E-state index contributed by atoms with van der Waals surface area (Å²) in [4.78, 5) is 11.5. The van der Waals surface area contributed by atoms with Gasteiger partial charge in [-0.05, 0) is 24.7 Å². The fourth-order valence-electron chi connectivity index (χ4n) is 1.29. The van der Waals surface area contributed by atoms with E-state index in [4.69, 9.17) is 12.2 Å². The fraction of sp³-hybridized carbons (Fsp3) is 0.0909. The molecule has 2 rings (SSSR count). The number of amides is 2. The highest BCUT2D eigenvalue weighted by Gasteiger charge is 2.03. The average Bonchev–Trinajstić information content (AvgIpc) is 2.82. The molecule has 2 aromatic rings. The molecule has 3 N–H and O–H groups in total. The Morgan fingerprint density at radius 1 is 1.42 bits per heavy atom. The maximum Gasteiger partial charge on any atom is 0.341 e.